The van der Waals surface area contributed by atoms with Crippen LogP contribution in [0.4, 0.5) is 0 Å². The Morgan fingerprint density at radius 1 is 1.42 bits per heavy atom. The van der Waals surface area contributed by atoms with E-state index < -0.39 is 0 Å². The molecule has 0 aromatic heterocycles. The fourth-order valence-electron chi connectivity index (χ4n) is 3.72. The van der Waals surface area contributed by atoms with Gasteiger partial charge in [-0.3, -0.25) is 4.90 Å². The number of hydrogen-bond acceptors (Lipinski definition) is 3. The normalized spacial score (nSPS) is 34.4. The van der Waals surface area contributed by atoms with Crippen LogP contribution >= 0.6 is 0 Å². The second kappa shape index (κ2) is 6.55. The molecule has 0 amide bonds. The lowest BCUT2D eigenvalue weighted by Crippen LogP contribution is -2.66. The molecule has 3 atom stereocenters. The Morgan fingerprint density at radius 3 is 2.74 bits per heavy atom. The lowest BCUT2D eigenvalue weighted by Gasteiger charge is -2.51. The van der Waals surface area contributed by atoms with Gasteiger partial charge in [0, 0.05) is 44.4 Å². The molecular formula is C16H32N2O. The van der Waals surface area contributed by atoms with E-state index in [1.165, 1.54) is 38.8 Å². The molecule has 2 rings (SSSR count). The first-order valence-corrected chi connectivity index (χ1v) is 8.11. The highest BCUT2D eigenvalue weighted by Crippen LogP contribution is 2.45. The molecule has 2 aliphatic rings. The van der Waals surface area contributed by atoms with Gasteiger partial charge in [0.2, 0.25) is 0 Å². The number of rotatable bonds is 7. The summed E-state index contributed by atoms with van der Waals surface area (Å²) >= 11 is 0. The molecule has 112 valence electrons. The molecule has 0 aromatic carbocycles. The van der Waals surface area contributed by atoms with E-state index in [0.29, 0.717) is 17.6 Å². The smallest absolute Gasteiger partial charge is 0.0477 e. The molecule has 0 radical (unpaired) electrons. The minimum atomic E-state index is 0.372. The first kappa shape index (κ1) is 15.3. The summed E-state index contributed by atoms with van der Waals surface area (Å²) < 4.78 is 5.28. The van der Waals surface area contributed by atoms with E-state index in [2.05, 4.69) is 31.0 Å². The molecule has 0 aromatic rings. The zero-order chi connectivity index (χ0) is 13.9. The molecule has 3 heteroatoms. The second-order valence-corrected chi connectivity index (χ2v) is 6.78. The van der Waals surface area contributed by atoms with Crippen LogP contribution in [0.3, 0.4) is 0 Å². The van der Waals surface area contributed by atoms with E-state index in [9.17, 15) is 0 Å². The van der Waals surface area contributed by atoms with E-state index in [0.717, 1.165) is 18.9 Å². The molecule has 1 N–H and O–H groups in total. The fourth-order valence-corrected chi connectivity index (χ4v) is 3.72. The highest BCUT2D eigenvalue weighted by molar-refractivity contribution is 5.06. The Morgan fingerprint density at radius 2 is 2.16 bits per heavy atom. The van der Waals surface area contributed by atoms with Crippen molar-refractivity contribution in [3.8, 4) is 0 Å². The lowest BCUT2D eigenvalue weighted by molar-refractivity contribution is -0.00710. The van der Waals surface area contributed by atoms with Gasteiger partial charge in [0.1, 0.15) is 0 Å². The molecule has 2 fully saturated rings. The summed E-state index contributed by atoms with van der Waals surface area (Å²) in [4.78, 5) is 2.79. The number of nitrogens with one attached hydrogen (secondary N) is 1. The first-order chi connectivity index (χ1) is 9.11. The van der Waals surface area contributed by atoms with Crippen molar-refractivity contribution in [3.05, 3.63) is 0 Å². The quantitative estimate of drug-likeness (QED) is 0.768. The molecule has 3 unspecified atom stereocenters. The van der Waals surface area contributed by atoms with Crippen LogP contribution < -0.4 is 5.32 Å². The molecule has 1 aliphatic heterocycles. The third-order valence-electron chi connectivity index (χ3n) is 5.19. The third kappa shape index (κ3) is 3.50. The van der Waals surface area contributed by atoms with Gasteiger partial charge >= 0.3 is 0 Å². The van der Waals surface area contributed by atoms with Crippen molar-refractivity contribution in [3.63, 3.8) is 0 Å². The maximum Gasteiger partial charge on any atom is 0.0477 e. The number of methoxy groups -OCH3 is 1. The Bertz CT molecular complexity index is 280. The largest absolute Gasteiger partial charge is 0.385 e. The van der Waals surface area contributed by atoms with Crippen LogP contribution in [0.5, 0.6) is 0 Å². The average Bonchev–Trinajstić information content (AvgIpc) is 3.23. The molecule has 1 heterocycles. The maximum atomic E-state index is 5.28. The molecule has 1 saturated carbocycles. The fraction of sp³-hybridized carbons (Fsp3) is 1.00. The molecule has 1 saturated heterocycles. The maximum absolute atomic E-state index is 5.28. The molecule has 0 bridgehead atoms. The van der Waals surface area contributed by atoms with E-state index >= 15 is 0 Å². The summed E-state index contributed by atoms with van der Waals surface area (Å²) in [6.45, 7) is 10.4. The number of ether oxygens (including phenoxy) is 1. The summed E-state index contributed by atoms with van der Waals surface area (Å²) in [5, 5.41) is 3.80. The molecule has 0 spiro atoms. The Labute approximate surface area is 119 Å². The summed E-state index contributed by atoms with van der Waals surface area (Å²) in [6, 6.07) is 1.31. The molecular weight excluding hydrogens is 236 g/mol. The Hall–Kier alpha value is -0.120. The summed E-state index contributed by atoms with van der Waals surface area (Å²) in [5.41, 5.74) is 0.372. The molecule has 3 nitrogen and oxygen atoms in total. The van der Waals surface area contributed by atoms with Crippen LogP contribution in [0.2, 0.25) is 0 Å². The summed E-state index contributed by atoms with van der Waals surface area (Å²) in [6.07, 6.45) is 6.57. The van der Waals surface area contributed by atoms with E-state index in [4.69, 9.17) is 4.74 Å². The summed E-state index contributed by atoms with van der Waals surface area (Å²) in [7, 11) is 1.81. The zero-order valence-corrected chi connectivity index (χ0v) is 13.2. The van der Waals surface area contributed by atoms with Gasteiger partial charge in [0.05, 0.1) is 0 Å². The van der Waals surface area contributed by atoms with Crippen LogP contribution in [-0.4, -0.2) is 49.3 Å². The van der Waals surface area contributed by atoms with E-state index in [-0.39, 0.29) is 0 Å². The second-order valence-electron chi connectivity index (χ2n) is 6.78. The molecule has 19 heavy (non-hydrogen) atoms. The average molecular weight is 268 g/mol. The van der Waals surface area contributed by atoms with Crippen molar-refractivity contribution >= 4 is 0 Å². The highest BCUT2D eigenvalue weighted by atomic mass is 16.5. The van der Waals surface area contributed by atoms with Gasteiger partial charge in [-0.05, 0) is 45.4 Å². The van der Waals surface area contributed by atoms with Gasteiger partial charge in [0.15, 0.2) is 0 Å². The van der Waals surface area contributed by atoms with Crippen LogP contribution in [-0.2, 0) is 4.74 Å². The first-order valence-electron chi connectivity index (χ1n) is 8.11. The monoisotopic (exact) mass is 268 g/mol. The van der Waals surface area contributed by atoms with Crippen LogP contribution in [0.1, 0.15) is 52.9 Å². The van der Waals surface area contributed by atoms with Gasteiger partial charge in [0.25, 0.3) is 0 Å². The Balaban J connectivity index is 2.02. The minimum Gasteiger partial charge on any atom is -0.385 e. The van der Waals surface area contributed by atoms with Crippen molar-refractivity contribution in [2.45, 2.75) is 70.5 Å². The van der Waals surface area contributed by atoms with Crippen LogP contribution in [0.25, 0.3) is 0 Å². The Kier molecular flexibility index (Phi) is 5.27. The zero-order valence-electron chi connectivity index (χ0n) is 13.2. The van der Waals surface area contributed by atoms with Crippen molar-refractivity contribution in [1.29, 1.82) is 0 Å². The van der Waals surface area contributed by atoms with E-state index in [1.807, 2.05) is 7.11 Å². The third-order valence-corrected chi connectivity index (χ3v) is 5.19. The topological polar surface area (TPSA) is 24.5 Å². The minimum absolute atomic E-state index is 0.372. The van der Waals surface area contributed by atoms with Crippen molar-refractivity contribution < 1.29 is 4.74 Å². The van der Waals surface area contributed by atoms with Gasteiger partial charge in [-0.25, -0.2) is 0 Å². The number of piperazine rings is 1. The number of hydrogen-bond donors (Lipinski definition) is 1. The van der Waals surface area contributed by atoms with Crippen molar-refractivity contribution in [2.24, 2.45) is 5.92 Å². The standard InChI is InChI=1S/C16H32N2O/c1-5-6-15-11-18(13(2)9-10-19-4)16(3,12-17-15)14-7-8-14/h13-15,17H,5-12H2,1-4H3. The van der Waals surface area contributed by atoms with Gasteiger partial charge in [-0.15, -0.1) is 0 Å². The van der Waals surface area contributed by atoms with Gasteiger partial charge in [-0.1, -0.05) is 13.3 Å². The van der Waals surface area contributed by atoms with Gasteiger partial charge in [-0.2, -0.15) is 0 Å². The SMILES string of the molecule is CCCC1CN(C(C)CCOC)C(C)(C2CC2)CN1. The highest BCUT2D eigenvalue weighted by Gasteiger charge is 2.49. The van der Waals surface area contributed by atoms with E-state index in [1.54, 1.807) is 0 Å². The predicted octanol–water partition coefficient (Wildman–Crippen LogP) is 2.65. The predicted molar refractivity (Wildman–Crippen MR) is 80.5 cm³/mol. The van der Waals surface area contributed by atoms with Crippen LogP contribution in [0, 0.1) is 5.92 Å². The van der Waals surface area contributed by atoms with Crippen LogP contribution in [0.15, 0.2) is 0 Å². The summed E-state index contributed by atoms with van der Waals surface area (Å²) in [5.74, 6) is 0.910. The van der Waals surface area contributed by atoms with Crippen molar-refractivity contribution in [1.82, 2.24) is 10.2 Å². The number of nitrogens with zero attached hydrogens (tertiary/aromatic N) is 1. The lowest BCUT2D eigenvalue weighted by atomic mass is 9.87. The van der Waals surface area contributed by atoms with Gasteiger partial charge < -0.3 is 10.1 Å². The molecule has 1 aliphatic carbocycles. The van der Waals surface area contributed by atoms with Crippen molar-refractivity contribution in [2.75, 3.05) is 26.8 Å².